The molecule has 1 aromatic heterocycles. The van der Waals surface area contributed by atoms with Gasteiger partial charge in [0, 0.05) is 18.2 Å². The van der Waals surface area contributed by atoms with E-state index >= 15 is 0 Å². The Kier molecular flexibility index (Phi) is 4.93. The molecule has 26 heavy (non-hydrogen) atoms. The van der Waals surface area contributed by atoms with Crippen LogP contribution in [0.4, 0.5) is 0 Å². The number of aromatic nitrogens is 3. The normalized spacial score (nSPS) is 18.7. The van der Waals surface area contributed by atoms with Crippen molar-refractivity contribution >= 4 is 11.8 Å². The molecule has 2 unspecified atom stereocenters. The Hall–Kier alpha value is -2.33. The van der Waals surface area contributed by atoms with Crippen molar-refractivity contribution in [1.82, 2.24) is 14.8 Å². The molecule has 132 valence electrons. The Labute approximate surface area is 159 Å². The van der Waals surface area contributed by atoms with Crippen molar-refractivity contribution in [3.8, 4) is 0 Å². The van der Waals surface area contributed by atoms with Crippen molar-refractivity contribution in [2.75, 3.05) is 0 Å². The van der Waals surface area contributed by atoms with Crippen LogP contribution in [-0.4, -0.2) is 14.8 Å². The second kappa shape index (κ2) is 7.50. The lowest BCUT2D eigenvalue weighted by Crippen LogP contribution is -2.03. The highest BCUT2D eigenvalue weighted by atomic mass is 32.2. The summed E-state index contributed by atoms with van der Waals surface area (Å²) >= 11 is 1.76. The molecule has 1 heterocycles. The van der Waals surface area contributed by atoms with E-state index < -0.39 is 0 Å². The van der Waals surface area contributed by atoms with E-state index in [1.807, 2.05) is 6.08 Å². The molecule has 1 aliphatic rings. The number of benzene rings is 2. The van der Waals surface area contributed by atoms with Crippen molar-refractivity contribution < 1.29 is 0 Å². The maximum Gasteiger partial charge on any atom is 0.191 e. The van der Waals surface area contributed by atoms with Crippen molar-refractivity contribution in [1.29, 1.82) is 0 Å². The van der Waals surface area contributed by atoms with Crippen LogP contribution in [0.1, 0.15) is 40.8 Å². The highest BCUT2D eigenvalue weighted by Crippen LogP contribution is 2.54. The van der Waals surface area contributed by atoms with E-state index in [1.165, 1.54) is 16.7 Å². The first kappa shape index (κ1) is 17.1. The molecule has 0 aliphatic heterocycles. The third-order valence-electron chi connectivity index (χ3n) is 5.02. The SMILES string of the molecule is C=CCn1c(SCc2ccccc2C)nnc1C1CC1c1ccccc1. The van der Waals surface area contributed by atoms with E-state index in [-0.39, 0.29) is 0 Å². The van der Waals surface area contributed by atoms with Gasteiger partial charge in [0.2, 0.25) is 0 Å². The van der Waals surface area contributed by atoms with E-state index in [1.54, 1.807) is 11.8 Å². The van der Waals surface area contributed by atoms with Gasteiger partial charge in [-0.2, -0.15) is 0 Å². The maximum absolute atomic E-state index is 4.55. The van der Waals surface area contributed by atoms with Gasteiger partial charge >= 0.3 is 0 Å². The number of hydrogen-bond acceptors (Lipinski definition) is 3. The summed E-state index contributed by atoms with van der Waals surface area (Å²) in [5.41, 5.74) is 4.07. The van der Waals surface area contributed by atoms with E-state index in [0.29, 0.717) is 11.8 Å². The number of nitrogens with zero attached hydrogens (tertiary/aromatic N) is 3. The number of hydrogen-bond donors (Lipinski definition) is 0. The third-order valence-corrected chi connectivity index (χ3v) is 6.04. The predicted octanol–water partition coefficient (Wildman–Crippen LogP) is 5.34. The molecule has 4 rings (SSSR count). The fourth-order valence-corrected chi connectivity index (χ4v) is 4.48. The van der Waals surface area contributed by atoms with Crippen molar-refractivity contribution in [2.45, 2.75) is 42.6 Å². The van der Waals surface area contributed by atoms with Gasteiger partial charge in [-0.05, 0) is 36.0 Å². The largest absolute Gasteiger partial charge is 0.302 e. The van der Waals surface area contributed by atoms with Crippen LogP contribution >= 0.6 is 11.8 Å². The minimum absolute atomic E-state index is 0.470. The Morgan fingerprint density at radius 2 is 1.85 bits per heavy atom. The average molecular weight is 362 g/mol. The van der Waals surface area contributed by atoms with E-state index in [4.69, 9.17) is 0 Å². The van der Waals surface area contributed by atoms with Crippen molar-refractivity contribution in [2.24, 2.45) is 0 Å². The van der Waals surface area contributed by atoms with Gasteiger partial charge in [-0.3, -0.25) is 0 Å². The van der Waals surface area contributed by atoms with Crippen LogP contribution in [0.3, 0.4) is 0 Å². The molecule has 1 fully saturated rings. The van der Waals surface area contributed by atoms with Gasteiger partial charge in [0.15, 0.2) is 5.16 Å². The highest BCUT2D eigenvalue weighted by molar-refractivity contribution is 7.98. The van der Waals surface area contributed by atoms with Gasteiger partial charge in [-0.15, -0.1) is 16.8 Å². The molecule has 1 aliphatic carbocycles. The van der Waals surface area contributed by atoms with Crippen LogP contribution in [0.5, 0.6) is 0 Å². The molecule has 4 heteroatoms. The quantitative estimate of drug-likeness (QED) is 0.420. The summed E-state index contributed by atoms with van der Waals surface area (Å²) in [6.45, 7) is 6.84. The van der Waals surface area contributed by atoms with Crippen LogP contribution in [0.15, 0.2) is 72.4 Å². The molecule has 0 amide bonds. The van der Waals surface area contributed by atoms with Gasteiger partial charge < -0.3 is 4.57 Å². The molecule has 0 spiro atoms. The summed E-state index contributed by atoms with van der Waals surface area (Å²) in [6.07, 6.45) is 3.09. The van der Waals surface area contributed by atoms with Gasteiger partial charge in [-0.25, -0.2) is 0 Å². The second-order valence-electron chi connectivity index (χ2n) is 6.81. The van der Waals surface area contributed by atoms with Crippen molar-refractivity contribution in [3.63, 3.8) is 0 Å². The Morgan fingerprint density at radius 3 is 2.62 bits per heavy atom. The van der Waals surface area contributed by atoms with Crippen LogP contribution in [0.25, 0.3) is 0 Å². The topological polar surface area (TPSA) is 30.7 Å². The molecule has 0 bridgehead atoms. The van der Waals surface area contributed by atoms with Gasteiger partial charge in [0.1, 0.15) is 5.82 Å². The lowest BCUT2D eigenvalue weighted by atomic mass is 10.1. The molecule has 3 aromatic rings. The third kappa shape index (κ3) is 3.47. The minimum atomic E-state index is 0.470. The maximum atomic E-state index is 4.55. The van der Waals surface area contributed by atoms with E-state index in [2.05, 4.69) is 82.9 Å². The summed E-state index contributed by atoms with van der Waals surface area (Å²) in [6, 6.07) is 19.2. The molecule has 3 nitrogen and oxygen atoms in total. The summed E-state index contributed by atoms with van der Waals surface area (Å²) < 4.78 is 2.24. The van der Waals surface area contributed by atoms with Crippen LogP contribution in [0.2, 0.25) is 0 Å². The molecule has 2 atom stereocenters. The zero-order valence-electron chi connectivity index (χ0n) is 15.0. The van der Waals surface area contributed by atoms with Gasteiger partial charge in [0.05, 0.1) is 0 Å². The second-order valence-corrected chi connectivity index (χ2v) is 7.76. The van der Waals surface area contributed by atoms with Crippen molar-refractivity contribution in [3.05, 3.63) is 89.8 Å². The van der Waals surface area contributed by atoms with E-state index in [9.17, 15) is 0 Å². The predicted molar refractivity (Wildman–Crippen MR) is 108 cm³/mol. The summed E-state index contributed by atoms with van der Waals surface area (Å²) in [5, 5.41) is 10.0. The number of thioether (sulfide) groups is 1. The van der Waals surface area contributed by atoms with Gasteiger partial charge in [0.25, 0.3) is 0 Å². The summed E-state index contributed by atoms with van der Waals surface area (Å²) in [4.78, 5) is 0. The minimum Gasteiger partial charge on any atom is -0.302 e. The molecule has 2 aromatic carbocycles. The first-order chi connectivity index (χ1) is 12.8. The van der Waals surface area contributed by atoms with E-state index in [0.717, 1.165) is 29.7 Å². The Bertz CT molecular complexity index is 901. The molecule has 1 saturated carbocycles. The summed E-state index contributed by atoms with van der Waals surface area (Å²) in [7, 11) is 0. The lowest BCUT2D eigenvalue weighted by molar-refractivity contribution is 0.677. The van der Waals surface area contributed by atoms with Crippen LogP contribution < -0.4 is 0 Å². The fourth-order valence-electron chi connectivity index (χ4n) is 3.45. The fraction of sp³-hybridized carbons (Fsp3) is 0.273. The Balaban J connectivity index is 1.52. The lowest BCUT2D eigenvalue weighted by Gasteiger charge is -2.09. The standard InChI is InChI=1S/C22H23N3S/c1-3-13-25-21(20-14-19(20)17-10-5-4-6-11-17)23-24-22(25)26-15-18-12-8-7-9-16(18)2/h3-12,19-20H,1,13-15H2,2H3. The average Bonchev–Trinajstić information content (AvgIpc) is 3.37. The number of allylic oxidation sites excluding steroid dienone is 1. The first-order valence-corrected chi connectivity index (χ1v) is 10.0. The van der Waals surface area contributed by atoms with Crippen LogP contribution in [-0.2, 0) is 12.3 Å². The smallest absolute Gasteiger partial charge is 0.191 e. The molecule has 0 N–H and O–H groups in total. The zero-order valence-corrected chi connectivity index (χ0v) is 15.8. The monoisotopic (exact) mass is 361 g/mol. The summed E-state index contributed by atoms with van der Waals surface area (Å²) in [5.74, 6) is 3.05. The molecule has 0 radical (unpaired) electrons. The first-order valence-electron chi connectivity index (χ1n) is 9.04. The zero-order chi connectivity index (χ0) is 17.9. The molecular formula is C22H23N3S. The number of aryl methyl sites for hydroxylation is 1. The highest BCUT2D eigenvalue weighted by Gasteiger charge is 2.43. The number of rotatable bonds is 7. The molecule has 0 saturated heterocycles. The Morgan fingerprint density at radius 1 is 1.08 bits per heavy atom. The molecular weight excluding hydrogens is 338 g/mol. The van der Waals surface area contributed by atoms with Gasteiger partial charge in [-0.1, -0.05) is 72.4 Å². The van der Waals surface area contributed by atoms with Crippen LogP contribution in [0, 0.1) is 6.92 Å².